The molecule has 3 N–H and O–H groups in total. The second kappa shape index (κ2) is 5.92. The van der Waals surface area contributed by atoms with Crippen molar-refractivity contribution in [3.05, 3.63) is 24.2 Å². The van der Waals surface area contributed by atoms with Gasteiger partial charge in [-0.25, -0.2) is 0 Å². The molecule has 0 aliphatic rings. The second-order valence-corrected chi connectivity index (χ2v) is 3.40. The van der Waals surface area contributed by atoms with E-state index in [9.17, 15) is 9.59 Å². The van der Waals surface area contributed by atoms with E-state index in [4.69, 9.17) is 15.3 Å². The fourth-order valence-electron chi connectivity index (χ4n) is 1.31. The summed E-state index contributed by atoms with van der Waals surface area (Å²) in [5.74, 6) is -0.725. The Balaban J connectivity index is 2.49. The monoisotopic (exact) mass is 226 g/mol. The topological polar surface area (TPSA) is 96.8 Å². The average molecular weight is 226 g/mol. The largest absolute Gasteiger partial charge is 0.481 e. The summed E-state index contributed by atoms with van der Waals surface area (Å²) >= 11 is 0. The van der Waals surface area contributed by atoms with Crippen LogP contribution < -0.4 is 5.73 Å². The van der Waals surface area contributed by atoms with Gasteiger partial charge in [0.15, 0.2) is 0 Å². The third-order valence-electron chi connectivity index (χ3n) is 1.98. The van der Waals surface area contributed by atoms with Crippen molar-refractivity contribution in [2.75, 3.05) is 13.1 Å². The molecule has 6 nitrogen and oxygen atoms in total. The van der Waals surface area contributed by atoms with E-state index in [0.717, 1.165) is 0 Å². The van der Waals surface area contributed by atoms with Crippen LogP contribution in [-0.4, -0.2) is 35.0 Å². The number of carbonyl (C=O) groups is 2. The highest BCUT2D eigenvalue weighted by atomic mass is 16.4. The molecule has 0 saturated heterocycles. The second-order valence-electron chi connectivity index (χ2n) is 3.40. The Morgan fingerprint density at radius 3 is 2.75 bits per heavy atom. The van der Waals surface area contributed by atoms with Gasteiger partial charge >= 0.3 is 5.97 Å². The highest BCUT2D eigenvalue weighted by Crippen LogP contribution is 2.05. The van der Waals surface area contributed by atoms with Crippen LogP contribution in [0.5, 0.6) is 0 Å². The van der Waals surface area contributed by atoms with E-state index in [2.05, 4.69) is 0 Å². The summed E-state index contributed by atoms with van der Waals surface area (Å²) in [5.41, 5.74) is 5.07. The van der Waals surface area contributed by atoms with Crippen molar-refractivity contribution in [2.45, 2.75) is 13.0 Å². The molecule has 0 fully saturated rings. The standard InChI is InChI=1S/C10H14N2O4/c11-9(13)7-12(4-3-10(14)15)6-8-2-1-5-16-8/h1-2,5H,3-4,6-7H2,(H2,11,13)(H,14,15). The molecule has 0 radical (unpaired) electrons. The van der Waals surface area contributed by atoms with Gasteiger partial charge in [0.2, 0.25) is 5.91 Å². The Labute approximate surface area is 92.6 Å². The first-order chi connectivity index (χ1) is 7.58. The van der Waals surface area contributed by atoms with Gasteiger partial charge in [0, 0.05) is 6.54 Å². The van der Waals surface area contributed by atoms with Gasteiger partial charge in [-0.2, -0.15) is 0 Å². The minimum atomic E-state index is -0.908. The van der Waals surface area contributed by atoms with Gasteiger partial charge in [0.1, 0.15) is 5.76 Å². The van der Waals surface area contributed by atoms with Gasteiger partial charge < -0.3 is 15.3 Å². The Bertz CT molecular complexity index is 348. The van der Waals surface area contributed by atoms with Crippen LogP contribution in [0.4, 0.5) is 0 Å². The molecule has 0 spiro atoms. The Morgan fingerprint density at radius 2 is 2.25 bits per heavy atom. The lowest BCUT2D eigenvalue weighted by Gasteiger charge is -2.18. The lowest BCUT2D eigenvalue weighted by molar-refractivity contribution is -0.137. The molecule has 6 heteroatoms. The van der Waals surface area contributed by atoms with Crippen LogP contribution in [0.25, 0.3) is 0 Å². The third-order valence-corrected chi connectivity index (χ3v) is 1.98. The van der Waals surface area contributed by atoms with Crippen LogP contribution in [0, 0.1) is 0 Å². The Morgan fingerprint density at radius 1 is 1.50 bits per heavy atom. The summed E-state index contributed by atoms with van der Waals surface area (Å²) in [6.45, 7) is 0.663. The third kappa shape index (κ3) is 4.61. The number of nitrogens with two attached hydrogens (primary N) is 1. The number of carboxylic acid groups (broad SMARTS) is 1. The number of hydrogen-bond donors (Lipinski definition) is 2. The number of amides is 1. The van der Waals surface area contributed by atoms with Gasteiger partial charge in [0.05, 0.1) is 25.8 Å². The Hall–Kier alpha value is -1.82. The van der Waals surface area contributed by atoms with E-state index in [1.54, 1.807) is 17.0 Å². The number of hydrogen-bond acceptors (Lipinski definition) is 4. The summed E-state index contributed by atoms with van der Waals surface area (Å²) in [6.07, 6.45) is 1.49. The number of primary amides is 1. The van der Waals surface area contributed by atoms with E-state index in [1.165, 1.54) is 6.26 Å². The average Bonchev–Trinajstić information content (AvgIpc) is 2.66. The number of nitrogens with zero attached hydrogens (tertiary/aromatic N) is 1. The molecule has 88 valence electrons. The predicted molar refractivity (Wildman–Crippen MR) is 55.4 cm³/mol. The zero-order chi connectivity index (χ0) is 12.0. The van der Waals surface area contributed by atoms with Crippen molar-refractivity contribution in [1.82, 2.24) is 4.90 Å². The number of furan rings is 1. The van der Waals surface area contributed by atoms with Crippen LogP contribution >= 0.6 is 0 Å². The van der Waals surface area contributed by atoms with E-state index in [0.29, 0.717) is 12.3 Å². The van der Waals surface area contributed by atoms with Crippen molar-refractivity contribution in [1.29, 1.82) is 0 Å². The van der Waals surface area contributed by atoms with Crippen LogP contribution in [0.15, 0.2) is 22.8 Å². The smallest absolute Gasteiger partial charge is 0.304 e. The first kappa shape index (κ1) is 12.3. The van der Waals surface area contributed by atoms with Crippen molar-refractivity contribution in [3.8, 4) is 0 Å². The van der Waals surface area contributed by atoms with Gasteiger partial charge in [-0.1, -0.05) is 0 Å². The fourth-order valence-corrected chi connectivity index (χ4v) is 1.31. The highest BCUT2D eigenvalue weighted by molar-refractivity contribution is 5.76. The number of aliphatic carboxylic acids is 1. The first-order valence-electron chi connectivity index (χ1n) is 4.83. The molecule has 1 rings (SSSR count). The van der Waals surface area contributed by atoms with Crippen molar-refractivity contribution in [2.24, 2.45) is 5.73 Å². The lowest BCUT2D eigenvalue weighted by atomic mass is 10.3. The molecule has 0 aliphatic carbocycles. The van der Waals surface area contributed by atoms with E-state index >= 15 is 0 Å². The summed E-state index contributed by atoms with van der Waals surface area (Å²) in [7, 11) is 0. The maximum Gasteiger partial charge on any atom is 0.304 e. The van der Waals surface area contributed by atoms with Gasteiger partial charge in [0.25, 0.3) is 0 Å². The highest BCUT2D eigenvalue weighted by Gasteiger charge is 2.12. The molecule has 16 heavy (non-hydrogen) atoms. The van der Waals surface area contributed by atoms with Crippen molar-refractivity contribution >= 4 is 11.9 Å². The van der Waals surface area contributed by atoms with Crippen molar-refractivity contribution in [3.63, 3.8) is 0 Å². The number of rotatable bonds is 7. The molecule has 0 aromatic carbocycles. The van der Waals surface area contributed by atoms with E-state index in [-0.39, 0.29) is 19.5 Å². The van der Waals surface area contributed by atoms with Crippen LogP contribution in [0.2, 0.25) is 0 Å². The van der Waals surface area contributed by atoms with Gasteiger partial charge in [-0.15, -0.1) is 0 Å². The molecule has 0 bridgehead atoms. The lowest BCUT2D eigenvalue weighted by Crippen LogP contribution is -2.34. The normalized spacial score (nSPS) is 10.6. The zero-order valence-corrected chi connectivity index (χ0v) is 8.76. The Kier molecular flexibility index (Phi) is 4.53. The SMILES string of the molecule is NC(=O)CN(CCC(=O)O)Cc1ccco1. The summed E-state index contributed by atoms with van der Waals surface area (Å²) in [4.78, 5) is 22.8. The molecule has 0 aliphatic heterocycles. The maximum atomic E-state index is 10.8. The van der Waals surface area contributed by atoms with E-state index < -0.39 is 11.9 Å². The number of carboxylic acids is 1. The van der Waals surface area contributed by atoms with Crippen LogP contribution in [0.3, 0.4) is 0 Å². The molecule has 0 unspecified atom stereocenters. The summed E-state index contributed by atoms with van der Waals surface area (Å²) in [6, 6.07) is 3.49. The molecular formula is C10H14N2O4. The zero-order valence-electron chi connectivity index (χ0n) is 8.76. The van der Waals surface area contributed by atoms with Gasteiger partial charge in [-0.05, 0) is 12.1 Å². The minimum Gasteiger partial charge on any atom is -0.481 e. The quantitative estimate of drug-likeness (QED) is 0.684. The molecule has 1 amide bonds. The molecule has 0 saturated carbocycles. The maximum absolute atomic E-state index is 10.8. The molecule has 0 atom stereocenters. The van der Waals surface area contributed by atoms with Crippen molar-refractivity contribution < 1.29 is 19.1 Å². The summed E-state index contributed by atoms with van der Waals surface area (Å²) in [5, 5.41) is 8.56. The predicted octanol–water partition coefficient (Wildman–Crippen LogP) is 0.0416. The fraction of sp³-hybridized carbons (Fsp3) is 0.400. The van der Waals surface area contributed by atoms with E-state index in [1.807, 2.05) is 0 Å². The van der Waals surface area contributed by atoms with Crippen LogP contribution in [0.1, 0.15) is 12.2 Å². The minimum absolute atomic E-state index is 0.0218. The molecule has 1 aromatic rings. The summed E-state index contributed by atoms with van der Waals surface area (Å²) < 4.78 is 5.11. The van der Waals surface area contributed by atoms with Crippen LogP contribution in [-0.2, 0) is 16.1 Å². The number of carbonyl (C=O) groups excluding carboxylic acids is 1. The van der Waals surface area contributed by atoms with Gasteiger partial charge in [-0.3, -0.25) is 14.5 Å². The molecule has 1 heterocycles. The first-order valence-corrected chi connectivity index (χ1v) is 4.83. The molecular weight excluding hydrogens is 212 g/mol. The molecule has 1 aromatic heterocycles.